The van der Waals surface area contributed by atoms with E-state index in [9.17, 15) is 0 Å². The molecule has 0 fully saturated rings. The second kappa shape index (κ2) is 4.85. The van der Waals surface area contributed by atoms with Crippen LogP contribution in [-0.2, 0) is 13.1 Å². The summed E-state index contributed by atoms with van der Waals surface area (Å²) in [5.74, 6) is 1.30. The Labute approximate surface area is 94.1 Å². The van der Waals surface area contributed by atoms with Crippen LogP contribution in [0.2, 0.25) is 0 Å². The Morgan fingerprint density at radius 3 is 2.81 bits per heavy atom. The third-order valence-corrected chi connectivity index (χ3v) is 2.14. The molecule has 0 aliphatic rings. The molecule has 84 valence electrons. The monoisotopic (exact) mass is 218 g/mol. The summed E-state index contributed by atoms with van der Waals surface area (Å²) in [6.45, 7) is 3.22. The van der Waals surface area contributed by atoms with Gasteiger partial charge < -0.3 is 4.52 Å². The van der Waals surface area contributed by atoms with Gasteiger partial charge in [0.1, 0.15) is 0 Å². The van der Waals surface area contributed by atoms with Crippen LogP contribution in [0.4, 0.5) is 0 Å². The third-order valence-electron chi connectivity index (χ3n) is 2.14. The predicted octanol–water partition coefficient (Wildman–Crippen LogP) is 1.41. The Morgan fingerprint density at radius 1 is 1.31 bits per heavy atom. The van der Waals surface area contributed by atoms with Crippen LogP contribution < -0.4 is 0 Å². The summed E-state index contributed by atoms with van der Waals surface area (Å²) >= 11 is 0. The van der Waals surface area contributed by atoms with Gasteiger partial charge >= 0.3 is 0 Å². The minimum atomic E-state index is 0.598. The van der Waals surface area contributed by atoms with Crippen molar-refractivity contribution in [3.63, 3.8) is 0 Å². The molecule has 0 aliphatic heterocycles. The minimum Gasteiger partial charge on any atom is -0.340 e. The molecule has 2 rings (SSSR count). The molecule has 0 saturated heterocycles. The minimum absolute atomic E-state index is 0.598. The summed E-state index contributed by atoms with van der Waals surface area (Å²) in [5.41, 5.74) is 1.03. The lowest BCUT2D eigenvalue weighted by molar-refractivity contribution is 0.297. The molecular formula is C11H14N4O. The average molecular weight is 218 g/mol. The standard InChI is InChI=1S/C11H14N4O/c1-9-13-11(14-16-9)8-15(2)7-10-5-3-4-6-12-10/h3-6H,7-8H2,1-2H3. The quantitative estimate of drug-likeness (QED) is 0.776. The lowest BCUT2D eigenvalue weighted by Crippen LogP contribution is -2.18. The van der Waals surface area contributed by atoms with Gasteiger partial charge in [0.05, 0.1) is 12.2 Å². The zero-order chi connectivity index (χ0) is 11.4. The lowest BCUT2D eigenvalue weighted by Gasteiger charge is -2.13. The molecule has 0 bridgehead atoms. The molecule has 0 radical (unpaired) electrons. The van der Waals surface area contributed by atoms with E-state index in [-0.39, 0.29) is 0 Å². The molecule has 0 atom stereocenters. The Bertz CT molecular complexity index is 440. The first-order valence-electron chi connectivity index (χ1n) is 5.11. The largest absolute Gasteiger partial charge is 0.340 e. The van der Waals surface area contributed by atoms with Gasteiger partial charge in [0.2, 0.25) is 5.89 Å². The summed E-state index contributed by atoms with van der Waals surface area (Å²) in [4.78, 5) is 10.5. The average Bonchev–Trinajstić information content (AvgIpc) is 2.65. The number of aromatic nitrogens is 3. The van der Waals surface area contributed by atoms with E-state index in [1.807, 2.05) is 25.2 Å². The van der Waals surface area contributed by atoms with Gasteiger partial charge in [0.15, 0.2) is 5.82 Å². The summed E-state index contributed by atoms with van der Waals surface area (Å²) < 4.78 is 4.91. The second-order valence-corrected chi connectivity index (χ2v) is 3.72. The topological polar surface area (TPSA) is 55.1 Å². The molecule has 2 aromatic heterocycles. The Hall–Kier alpha value is -1.75. The number of hydrogen-bond acceptors (Lipinski definition) is 5. The fraction of sp³-hybridized carbons (Fsp3) is 0.364. The lowest BCUT2D eigenvalue weighted by atomic mass is 10.3. The Balaban J connectivity index is 1.92. The highest BCUT2D eigenvalue weighted by molar-refractivity contribution is 5.03. The van der Waals surface area contributed by atoms with Gasteiger partial charge in [-0.1, -0.05) is 11.2 Å². The van der Waals surface area contributed by atoms with Gasteiger partial charge in [0.25, 0.3) is 0 Å². The maximum Gasteiger partial charge on any atom is 0.223 e. The van der Waals surface area contributed by atoms with Crippen LogP contribution in [0.1, 0.15) is 17.4 Å². The van der Waals surface area contributed by atoms with E-state index < -0.39 is 0 Å². The molecular weight excluding hydrogens is 204 g/mol. The first-order chi connectivity index (χ1) is 7.74. The van der Waals surface area contributed by atoms with Crippen molar-refractivity contribution in [1.29, 1.82) is 0 Å². The summed E-state index contributed by atoms with van der Waals surface area (Å²) in [5, 5.41) is 3.85. The van der Waals surface area contributed by atoms with E-state index in [1.165, 1.54) is 0 Å². The van der Waals surface area contributed by atoms with Crippen LogP contribution in [0.25, 0.3) is 0 Å². The second-order valence-electron chi connectivity index (χ2n) is 3.72. The van der Waals surface area contributed by atoms with Gasteiger partial charge in [-0.05, 0) is 19.2 Å². The van der Waals surface area contributed by atoms with Gasteiger partial charge in [0, 0.05) is 19.7 Å². The number of aryl methyl sites for hydroxylation is 1. The van der Waals surface area contributed by atoms with E-state index >= 15 is 0 Å². The summed E-state index contributed by atoms with van der Waals surface area (Å²) in [7, 11) is 2.00. The van der Waals surface area contributed by atoms with Crippen molar-refractivity contribution >= 4 is 0 Å². The van der Waals surface area contributed by atoms with E-state index in [0.29, 0.717) is 18.3 Å². The number of hydrogen-bond donors (Lipinski definition) is 0. The molecule has 0 amide bonds. The fourth-order valence-electron chi connectivity index (χ4n) is 1.47. The molecule has 0 spiro atoms. The smallest absolute Gasteiger partial charge is 0.223 e. The Kier molecular flexibility index (Phi) is 3.26. The van der Waals surface area contributed by atoms with E-state index in [2.05, 4.69) is 20.0 Å². The third kappa shape index (κ3) is 2.87. The van der Waals surface area contributed by atoms with E-state index in [4.69, 9.17) is 4.52 Å². The molecule has 0 aliphatic carbocycles. The molecule has 0 unspecified atom stereocenters. The zero-order valence-electron chi connectivity index (χ0n) is 9.42. The normalized spacial score (nSPS) is 10.9. The number of rotatable bonds is 4. The first kappa shape index (κ1) is 10.8. The van der Waals surface area contributed by atoms with Crippen LogP contribution in [0.3, 0.4) is 0 Å². The maximum atomic E-state index is 4.91. The molecule has 16 heavy (non-hydrogen) atoms. The molecule has 0 N–H and O–H groups in total. The van der Waals surface area contributed by atoms with Crippen LogP contribution in [0, 0.1) is 6.92 Å². The van der Waals surface area contributed by atoms with Crippen molar-refractivity contribution in [2.45, 2.75) is 20.0 Å². The number of nitrogens with zero attached hydrogens (tertiary/aromatic N) is 4. The molecule has 5 heteroatoms. The Morgan fingerprint density at radius 2 is 2.19 bits per heavy atom. The van der Waals surface area contributed by atoms with Crippen molar-refractivity contribution in [2.24, 2.45) is 0 Å². The van der Waals surface area contributed by atoms with Crippen molar-refractivity contribution in [1.82, 2.24) is 20.0 Å². The van der Waals surface area contributed by atoms with Gasteiger partial charge in [-0.3, -0.25) is 9.88 Å². The van der Waals surface area contributed by atoms with E-state index in [1.54, 1.807) is 13.1 Å². The van der Waals surface area contributed by atoms with Crippen LogP contribution in [0.5, 0.6) is 0 Å². The van der Waals surface area contributed by atoms with Crippen molar-refractivity contribution in [2.75, 3.05) is 7.05 Å². The maximum absolute atomic E-state index is 4.91. The molecule has 2 aromatic rings. The van der Waals surface area contributed by atoms with Gasteiger partial charge in [-0.2, -0.15) is 4.98 Å². The van der Waals surface area contributed by atoms with Crippen LogP contribution >= 0.6 is 0 Å². The number of pyridine rings is 1. The SMILES string of the molecule is Cc1nc(CN(C)Cc2ccccn2)no1. The van der Waals surface area contributed by atoms with Crippen LogP contribution in [-0.4, -0.2) is 27.1 Å². The molecule has 2 heterocycles. The molecule has 0 saturated carbocycles. The molecule has 0 aromatic carbocycles. The highest BCUT2D eigenvalue weighted by Crippen LogP contribution is 2.03. The van der Waals surface area contributed by atoms with Crippen LogP contribution in [0.15, 0.2) is 28.9 Å². The highest BCUT2D eigenvalue weighted by atomic mass is 16.5. The van der Waals surface area contributed by atoms with E-state index in [0.717, 1.165) is 12.2 Å². The van der Waals surface area contributed by atoms with Crippen molar-refractivity contribution < 1.29 is 4.52 Å². The van der Waals surface area contributed by atoms with Gasteiger partial charge in [-0.15, -0.1) is 0 Å². The molecule has 5 nitrogen and oxygen atoms in total. The highest BCUT2D eigenvalue weighted by Gasteiger charge is 2.07. The van der Waals surface area contributed by atoms with Gasteiger partial charge in [-0.25, -0.2) is 0 Å². The fourth-order valence-corrected chi connectivity index (χ4v) is 1.47. The van der Waals surface area contributed by atoms with Crippen molar-refractivity contribution in [3.8, 4) is 0 Å². The summed E-state index contributed by atoms with van der Waals surface area (Å²) in [6, 6.07) is 5.89. The zero-order valence-corrected chi connectivity index (χ0v) is 9.42. The first-order valence-corrected chi connectivity index (χ1v) is 5.11. The summed E-state index contributed by atoms with van der Waals surface area (Å²) in [6.07, 6.45) is 1.79. The predicted molar refractivity (Wildman–Crippen MR) is 58.4 cm³/mol. The van der Waals surface area contributed by atoms with Crippen molar-refractivity contribution in [3.05, 3.63) is 41.8 Å².